The Kier molecular flexibility index (Phi) is 8.19. The molecule has 1 fully saturated rings. The van der Waals surface area contributed by atoms with Crippen molar-refractivity contribution >= 4 is 23.1 Å². The third-order valence-electron chi connectivity index (χ3n) is 4.23. The average Bonchev–Trinajstić information content (AvgIpc) is 2.68. The van der Waals surface area contributed by atoms with Gasteiger partial charge in [0.2, 0.25) is 5.91 Å². The standard InChI is InChI=1S/C16H30N2O2S/c1-13(2)7-11-20-12-10-18-15(19)16(14(17)21)8-5-3-4-6-9-16/h13H,3-12H2,1-2H3,(H2,17,21)(H,18,19). The second kappa shape index (κ2) is 9.36. The number of hydrogen-bond donors (Lipinski definition) is 2. The van der Waals surface area contributed by atoms with Gasteiger partial charge in [-0.15, -0.1) is 0 Å². The quantitative estimate of drug-likeness (QED) is 0.411. The van der Waals surface area contributed by atoms with Crippen LogP contribution in [0.1, 0.15) is 58.8 Å². The fourth-order valence-electron chi connectivity index (χ4n) is 2.74. The highest BCUT2D eigenvalue weighted by Crippen LogP contribution is 2.35. The average molecular weight is 314 g/mol. The Bertz CT molecular complexity index is 337. The van der Waals surface area contributed by atoms with Crippen LogP contribution in [0.2, 0.25) is 0 Å². The number of nitrogens with two attached hydrogens (primary N) is 1. The van der Waals surface area contributed by atoms with Gasteiger partial charge in [-0.2, -0.15) is 0 Å². The molecule has 1 rings (SSSR count). The molecule has 1 amide bonds. The van der Waals surface area contributed by atoms with Gasteiger partial charge < -0.3 is 15.8 Å². The largest absolute Gasteiger partial charge is 0.392 e. The highest BCUT2D eigenvalue weighted by molar-refractivity contribution is 7.80. The topological polar surface area (TPSA) is 64.3 Å². The molecule has 3 N–H and O–H groups in total. The molecule has 0 bridgehead atoms. The summed E-state index contributed by atoms with van der Waals surface area (Å²) in [5.41, 5.74) is 5.26. The summed E-state index contributed by atoms with van der Waals surface area (Å²) in [7, 11) is 0. The van der Waals surface area contributed by atoms with Gasteiger partial charge in [-0.05, 0) is 25.2 Å². The zero-order chi connectivity index (χ0) is 15.7. The molecule has 4 nitrogen and oxygen atoms in total. The van der Waals surface area contributed by atoms with Crippen LogP contribution in [0.15, 0.2) is 0 Å². The minimum atomic E-state index is -0.635. The molecule has 0 aromatic carbocycles. The molecule has 5 heteroatoms. The van der Waals surface area contributed by atoms with E-state index >= 15 is 0 Å². The van der Waals surface area contributed by atoms with E-state index in [4.69, 9.17) is 22.7 Å². The van der Waals surface area contributed by atoms with E-state index in [1.54, 1.807) is 0 Å². The molecule has 0 aromatic heterocycles. The third kappa shape index (κ3) is 5.91. The van der Waals surface area contributed by atoms with Gasteiger partial charge in [-0.1, -0.05) is 51.7 Å². The van der Waals surface area contributed by atoms with Gasteiger partial charge in [0.25, 0.3) is 0 Å². The number of thiocarbonyl (C=S) groups is 1. The Labute approximate surface area is 134 Å². The number of carbonyl (C=O) groups excluding carboxylic acids is 1. The molecule has 0 heterocycles. The van der Waals surface area contributed by atoms with Gasteiger partial charge in [0, 0.05) is 13.2 Å². The minimum absolute atomic E-state index is 0.00985. The fraction of sp³-hybridized carbons (Fsp3) is 0.875. The molecular formula is C16H30N2O2S. The molecule has 0 aliphatic heterocycles. The maximum atomic E-state index is 12.5. The molecule has 1 aliphatic rings. The highest BCUT2D eigenvalue weighted by Gasteiger charge is 2.41. The van der Waals surface area contributed by atoms with Crippen molar-refractivity contribution in [2.75, 3.05) is 19.8 Å². The van der Waals surface area contributed by atoms with Crippen molar-refractivity contribution in [3.8, 4) is 0 Å². The number of hydrogen-bond acceptors (Lipinski definition) is 3. The molecule has 0 spiro atoms. The van der Waals surface area contributed by atoms with Crippen molar-refractivity contribution in [2.45, 2.75) is 58.8 Å². The van der Waals surface area contributed by atoms with E-state index in [9.17, 15) is 4.79 Å². The molecule has 1 aliphatic carbocycles. The number of ether oxygens (including phenoxy) is 1. The van der Waals surface area contributed by atoms with E-state index in [1.807, 2.05) is 0 Å². The summed E-state index contributed by atoms with van der Waals surface area (Å²) >= 11 is 5.20. The van der Waals surface area contributed by atoms with Gasteiger partial charge in [-0.3, -0.25) is 4.79 Å². The number of rotatable bonds is 8. The Morgan fingerprint density at radius 3 is 2.38 bits per heavy atom. The predicted molar refractivity (Wildman–Crippen MR) is 90.2 cm³/mol. The summed E-state index contributed by atoms with van der Waals surface area (Å²) < 4.78 is 5.52. The van der Waals surface area contributed by atoms with Crippen LogP contribution in [0.3, 0.4) is 0 Å². The van der Waals surface area contributed by atoms with E-state index in [0.29, 0.717) is 24.1 Å². The van der Waals surface area contributed by atoms with Crippen LogP contribution in [-0.4, -0.2) is 30.7 Å². The molecule has 1 saturated carbocycles. The lowest BCUT2D eigenvalue weighted by molar-refractivity contribution is -0.128. The fourth-order valence-corrected chi connectivity index (χ4v) is 3.04. The lowest BCUT2D eigenvalue weighted by Gasteiger charge is -2.30. The van der Waals surface area contributed by atoms with Crippen LogP contribution in [0.25, 0.3) is 0 Å². The maximum absolute atomic E-state index is 12.5. The normalized spacial score (nSPS) is 18.2. The zero-order valence-corrected chi connectivity index (χ0v) is 14.3. The molecular weight excluding hydrogens is 284 g/mol. The molecule has 21 heavy (non-hydrogen) atoms. The van der Waals surface area contributed by atoms with E-state index in [2.05, 4.69) is 19.2 Å². The van der Waals surface area contributed by atoms with E-state index in [0.717, 1.165) is 51.6 Å². The second-order valence-corrected chi connectivity index (χ2v) is 6.85. The van der Waals surface area contributed by atoms with Crippen LogP contribution >= 0.6 is 12.2 Å². The first-order valence-electron chi connectivity index (χ1n) is 8.15. The third-order valence-corrected chi connectivity index (χ3v) is 4.63. The van der Waals surface area contributed by atoms with Crippen molar-refractivity contribution < 1.29 is 9.53 Å². The summed E-state index contributed by atoms with van der Waals surface area (Å²) in [6.07, 6.45) is 6.98. The van der Waals surface area contributed by atoms with Crippen LogP contribution in [0.4, 0.5) is 0 Å². The summed E-state index contributed by atoms with van der Waals surface area (Å²) in [5, 5.41) is 2.96. The smallest absolute Gasteiger partial charge is 0.233 e. The van der Waals surface area contributed by atoms with Crippen LogP contribution in [-0.2, 0) is 9.53 Å². The van der Waals surface area contributed by atoms with Crippen LogP contribution in [0, 0.1) is 11.3 Å². The van der Waals surface area contributed by atoms with Crippen LogP contribution < -0.4 is 11.1 Å². The van der Waals surface area contributed by atoms with Gasteiger partial charge in [0.1, 0.15) is 0 Å². The van der Waals surface area contributed by atoms with E-state index in [1.165, 1.54) is 0 Å². The van der Waals surface area contributed by atoms with E-state index in [-0.39, 0.29) is 5.91 Å². The number of amides is 1. The molecule has 0 radical (unpaired) electrons. The Balaban J connectivity index is 2.38. The second-order valence-electron chi connectivity index (χ2n) is 6.41. The van der Waals surface area contributed by atoms with Gasteiger partial charge >= 0.3 is 0 Å². The van der Waals surface area contributed by atoms with Crippen LogP contribution in [0.5, 0.6) is 0 Å². The van der Waals surface area contributed by atoms with Crippen molar-refractivity contribution in [1.29, 1.82) is 0 Å². The van der Waals surface area contributed by atoms with Gasteiger partial charge in [0.15, 0.2) is 0 Å². The van der Waals surface area contributed by atoms with Crippen molar-refractivity contribution in [2.24, 2.45) is 17.1 Å². The maximum Gasteiger partial charge on any atom is 0.233 e. The predicted octanol–water partition coefficient (Wildman–Crippen LogP) is 2.79. The Hall–Kier alpha value is -0.680. The summed E-state index contributed by atoms with van der Waals surface area (Å²) in [5.74, 6) is 0.632. The monoisotopic (exact) mass is 314 g/mol. The molecule has 0 unspecified atom stereocenters. The Morgan fingerprint density at radius 2 is 1.86 bits per heavy atom. The summed E-state index contributed by atoms with van der Waals surface area (Å²) in [6.45, 7) is 6.16. The lowest BCUT2D eigenvalue weighted by Crippen LogP contribution is -2.49. The highest BCUT2D eigenvalue weighted by atomic mass is 32.1. The molecule has 0 saturated heterocycles. The van der Waals surface area contributed by atoms with Gasteiger partial charge in [-0.25, -0.2) is 0 Å². The first-order valence-corrected chi connectivity index (χ1v) is 8.56. The lowest BCUT2D eigenvalue weighted by atomic mass is 9.79. The SMILES string of the molecule is CC(C)CCOCCNC(=O)C1(C(N)=S)CCCCCC1. The number of nitrogens with one attached hydrogen (secondary N) is 1. The first-order chi connectivity index (χ1) is 9.99. The van der Waals surface area contributed by atoms with Crippen molar-refractivity contribution in [1.82, 2.24) is 5.32 Å². The Morgan fingerprint density at radius 1 is 1.24 bits per heavy atom. The first kappa shape index (κ1) is 18.4. The number of carbonyl (C=O) groups is 1. The summed E-state index contributed by atoms with van der Waals surface area (Å²) in [6, 6.07) is 0. The molecule has 122 valence electrons. The zero-order valence-electron chi connectivity index (χ0n) is 13.5. The van der Waals surface area contributed by atoms with E-state index < -0.39 is 5.41 Å². The summed E-state index contributed by atoms with van der Waals surface area (Å²) in [4.78, 5) is 12.9. The van der Waals surface area contributed by atoms with Crippen molar-refractivity contribution in [3.63, 3.8) is 0 Å². The van der Waals surface area contributed by atoms with Gasteiger partial charge in [0.05, 0.1) is 17.0 Å². The minimum Gasteiger partial charge on any atom is -0.392 e. The molecule has 0 aromatic rings. The van der Waals surface area contributed by atoms with Crippen molar-refractivity contribution in [3.05, 3.63) is 0 Å². The molecule has 0 atom stereocenters.